The molecule has 2 N–H and O–H groups in total. The third-order valence-electron chi connectivity index (χ3n) is 3.84. The Kier molecular flexibility index (Phi) is 3.89. The second-order valence-electron chi connectivity index (χ2n) is 5.70. The number of aliphatic carboxylic acids is 1. The fourth-order valence-electron chi connectivity index (χ4n) is 2.72. The SMILES string of the molecule is CC(C)[C@@H](C(=O)O)n1cc(C2(O)CCCCC2)nn1. The molecule has 0 aromatic carbocycles. The number of rotatable bonds is 4. The average Bonchev–Trinajstić information content (AvgIpc) is 2.79. The van der Waals surface area contributed by atoms with Crippen molar-refractivity contribution < 1.29 is 15.0 Å². The van der Waals surface area contributed by atoms with Crippen LogP contribution in [0.1, 0.15) is 57.7 Å². The molecule has 1 aliphatic rings. The minimum atomic E-state index is -0.934. The number of carbonyl (C=O) groups is 1. The maximum Gasteiger partial charge on any atom is 0.328 e. The molecule has 0 amide bonds. The summed E-state index contributed by atoms with van der Waals surface area (Å²) in [6.45, 7) is 3.66. The molecule has 19 heavy (non-hydrogen) atoms. The van der Waals surface area contributed by atoms with E-state index in [1.54, 1.807) is 6.20 Å². The molecule has 6 heteroatoms. The van der Waals surface area contributed by atoms with Gasteiger partial charge in [0.1, 0.15) is 11.3 Å². The van der Waals surface area contributed by atoms with Gasteiger partial charge in [0.05, 0.1) is 6.20 Å². The normalized spacial score (nSPS) is 20.4. The zero-order valence-electron chi connectivity index (χ0n) is 11.4. The van der Waals surface area contributed by atoms with Crippen LogP contribution in [0.5, 0.6) is 0 Å². The lowest BCUT2D eigenvalue weighted by atomic mass is 9.83. The van der Waals surface area contributed by atoms with Crippen molar-refractivity contribution in [1.82, 2.24) is 15.0 Å². The van der Waals surface area contributed by atoms with Gasteiger partial charge in [-0.2, -0.15) is 0 Å². The van der Waals surface area contributed by atoms with Crippen LogP contribution in [0.3, 0.4) is 0 Å². The highest BCUT2D eigenvalue weighted by Gasteiger charge is 2.35. The summed E-state index contributed by atoms with van der Waals surface area (Å²) in [7, 11) is 0. The monoisotopic (exact) mass is 267 g/mol. The summed E-state index contributed by atoms with van der Waals surface area (Å²) in [4.78, 5) is 11.3. The van der Waals surface area contributed by atoms with Crippen LogP contribution in [0.15, 0.2) is 6.20 Å². The zero-order chi connectivity index (χ0) is 14.0. The predicted octanol–water partition coefficient (Wildman–Crippen LogP) is 1.71. The van der Waals surface area contributed by atoms with E-state index in [9.17, 15) is 15.0 Å². The van der Waals surface area contributed by atoms with E-state index in [1.165, 1.54) is 4.68 Å². The molecular weight excluding hydrogens is 246 g/mol. The Labute approximate surface area is 112 Å². The third-order valence-corrected chi connectivity index (χ3v) is 3.84. The second-order valence-corrected chi connectivity index (χ2v) is 5.70. The van der Waals surface area contributed by atoms with Crippen molar-refractivity contribution in [2.24, 2.45) is 5.92 Å². The summed E-state index contributed by atoms with van der Waals surface area (Å²) in [5, 5.41) is 27.7. The van der Waals surface area contributed by atoms with Crippen molar-refractivity contribution in [2.45, 2.75) is 57.6 Å². The van der Waals surface area contributed by atoms with E-state index in [2.05, 4.69) is 10.3 Å². The van der Waals surface area contributed by atoms with Crippen LogP contribution in [0.2, 0.25) is 0 Å². The van der Waals surface area contributed by atoms with Gasteiger partial charge in [0.2, 0.25) is 0 Å². The minimum Gasteiger partial charge on any atom is -0.480 e. The van der Waals surface area contributed by atoms with Gasteiger partial charge in [-0.25, -0.2) is 9.48 Å². The molecule has 1 atom stereocenters. The van der Waals surface area contributed by atoms with Crippen molar-refractivity contribution in [2.75, 3.05) is 0 Å². The van der Waals surface area contributed by atoms with E-state index < -0.39 is 17.6 Å². The van der Waals surface area contributed by atoms with Crippen molar-refractivity contribution in [3.63, 3.8) is 0 Å². The zero-order valence-corrected chi connectivity index (χ0v) is 11.4. The van der Waals surface area contributed by atoms with Gasteiger partial charge in [-0.1, -0.05) is 38.3 Å². The average molecular weight is 267 g/mol. The van der Waals surface area contributed by atoms with Crippen LogP contribution in [-0.2, 0) is 10.4 Å². The molecule has 106 valence electrons. The van der Waals surface area contributed by atoms with Crippen molar-refractivity contribution in [3.8, 4) is 0 Å². The Morgan fingerprint density at radius 2 is 2.00 bits per heavy atom. The largest absolute Gasteiger partial charge is 0.480 e. The molecule has 0 unspecified atom stereocenters. The first-order valence-corrected chi connectivity index (χ1v) is 6.81. The van der Waals surface area contributed by atoms with Crippen LogP contribution in [0, 0.1) is 5.92 Å². The molecule has 1 aromatic rings. The lowest BCUT2D eigenvalue weighted by Gasteiger charge is -2.29. The van der Waals surface area contributed by atoms with Gasteiger partial charge < -0.3 is 10.2 Å². The molecule has 0 saturated heterocycles. The van der Waals surface area contributed by atoms with Crippen molar-refractivity contribution >= 4 is 5.97 Å². The summed E-state index contributed by atoms with van der Waals surface area (Å²) < 4.78 is 1.36. The standard InChI is InChI=1S/C13H21N3O3/c1-9(2)11(12(17)18)16-8-10(14-15-16)13(19)6-4-3-5-7-13/h8-9,11,19H,3-7H2,1-2H3,(H,17,18)/t11-/m0/s1. The highest BCUT2D eigenvalue weighted by atomic mass is 16.4. The summed E-state index contributed by atoms with van der Waals surface area (Å²) in [6.07, 6.45) is 5.99. The topological polar surface area (TPSA) is 88.2 Å². The van der Waals surface area contributed by atoms with E-state index in [4.69, 9.17) is 0 Å². The van der Waals surface area contributed by atoms with Crippen LogP contribution < -0.4 is 0 Å². The number of carboxylic acids is 1. The summed E-state index contributed by atoms with van der Waals surface area (Å²) in [6, 6.07) is -0.742. The minimum absolute atomic E-state index is 0.0898. The lowest BCUT2D eigenvalue weighted by Crippen LogP contribution is -2.29. The molecule has 1 saturated carbocycles. The fourth-order valence-corrected chi connectivity index (χ4v) is 2.72. The first-order chi connectivity index (χ1) is 8.94. The molecule has 2 rings (SSSR count). The number of carboxylic acid groups (broad SMARTS) is 1. The fraction of sp³-hybridized carbons (Fsp3) is 0.769. The van der Waals surface area contributed by atoms with E-state index in [1.807, 2.05) is 13.8 Å². The first-order valence-electron chi connectivity index (χ1n) is 6.81. The molecule has 0 bridgehead atoms. The van der Waals surface area contributed by atoms with Crippen LogP contribution in [0.25, 0.3) is 0 Å². The van der Waals surface area contributed by atoms with Crippen molar-refractivity contribution in [3.05, 3.63) is 11.9 Å². The molecule has 1 aromatic heterocycles. The lowest BCUT2D eigenvalue weighted by molar-refractivity contribution is -0.142. The summed E-state index contributed by atoms with van der Waals surface area (Å²) >= 11 is 0. The van der Waals surface area contributed by atoms with E-state index in [-0.39, 0.29) is 5.92 Å². The van der Waals surface area contributed by atoms with Gasteiger partial charge in [-0.3, -0.25) is 0 Å². The van der Waals surface area contributed by atoms with Crippen LogP contribution in [0.4, 0.5) is 0 Å². The summed E-state index contributed by atoms with van der Waals surface area (Å²) in [5.74, 6) is -1.02. The summed E-state index contributed by atoms with van der Waals surface area (Å²) in [5.41, 5.74) is -0.435. The molecule has 6 nitrogen and oxygen atoms in total. The molecule has 1 aliphatic carbocycles. The van der Waals surface area contributed by atoms with Gasteiger partial charge in [0.15, 0.2) is 6.04 Å². The van der Waals surface area contributed by atoms with Gasteiger partial charge in [0.25, 0.3) is 0 Å². The number of hydrogen-bond acceptors (Lipinski definition) is 4. The maximum absolute atomic E-state index is 11.3. The Morgan fingerprint density at radius 1 is 1.37 bits per heavy atom. The van der Waals surface area contributed by atoms with Crippen LogP contribution >= 0.6 is 0 Å². The molecule has 0 aliphatic heterocycles. The third kappa shape index (κ3) is 2.78. The first kappa shape index (κ1) is 14.0. The maximum atomic E-state index is 11.3. The molecule has 1 heterocycles. The van der Waals surface area contributed by atoms with E-state index in [0.717, 1.165) is 19.3 Å². The molecule has 0 spiro atoms. The van der Waals surface area contributed by atoms with E-state index >= 15 is 0 Å². The quantitative estimate of drug-likeness (QED) is 0.867. The van der Waals surface area contributed by atoms with E-state index in [0.29, 0.717) is 18.5 Å². The molecular formula is C13H21N3O3. The predicted molar refractivity (Wildman–Crippen MR) is 68.5 cm³/mol. The number of nitrogens with zero attached hydrogens (tertiary/aromatic N) is 3. The Bertz CT molecular complexity index is 450. The van der Waals surface area contributed by atoms with Crippen molar-refractivity contribution in [1.29, 1.82) is 0 Å². The van der Waals surface area contributed by atoms with Crippen LogP contribution in [-0.4, -0.2) is 31.2 Å². The van der Waals surface area contributed by atoms with Gasteiger partial charge >= 0.3 is 5.97 Å². The molecule has 1 fully saturated rings. The Morgan fingerprint density at radius 3 is 2.53 bits per heavy atom. The molecule has 0 radical (unpaired) electrons. The van der Waals surface area contributed by atoms with Gasteiger partial charge in [-0.15, -0.1) is 5.10 Å². The highest BCUT2D eigenvalue weighted by molar-refractivity contribution is 5.71. The number of aromatic nitrogens is 3. The highest BCUT2D eigenvalue weighted by Crippen LogP contribution is 2.36. The second kappa shape index (κ2) is 5.28. The number of aliphatic hydroxyl groups is 1. The Balaban J connectivity index is 2.25. The smallest absolute Gasteiger partial charge is 0.328 e. The Hall–Kier alpha value is -1.43. The number of hydrogen-bond donors (Lipinski definition) is 2. The van der Waals surface area contributed by atoms with Gasteiger partial charge in [0, 0.05) is 0 Å². The van der Waals surface area contributed by atoms with Gasteiger partial charge in [-0.05, 0) is 18.8 Å².